The molecule has 0 fully saturated rings. The van der Waals surface area contributed by atoms with Crippen LogP contribution in [0.25, 0.3) is 11.8 Å². The van der Waals surface area contributed by atoms with Gasteiger partial charge in [-0.25, -0.2) is 0 Å². The quantitative estimate of drug-likeness (QED) is 0.250. The first-order valence-corrected chi connectivity index (χ1v) is 9.99. The number of benzene rings is 1. The SMILES string of the molecule is CCCc1nnc(NC(=O)C(C#N)=Cc2cccn2-c2ccc([N+](=O)[O-])cc2Cl)s1. The lowest BCUT2D eigenvalue weighted by Gasteiger charge is -2.09. The van der Waals surface area contributed by atoms with E-state index < -0.39 is 10.8 Å². The van der Waals surface area contributed by atoms with Crippen molar-refractivity contribution in [2.24, 2.45) is 0 Å². The second-order valence-corrected chi connectivity index (χ2v) is 7.54. The van der Waals surface area contributed by atoms with E-state index in [1.165, 1.54) is 35.6 Å². The van der Waals surface area contributed by atoms with Gasteiger partial charge in [0.1, 0.15) is 16.6 Å². The zero-order valence-corrected chi connectivity index (χ0v) is 17.3. The van der Waals surface area contributed by atoms with E-state index >= 15 is 0 Å². The van der Waals surface area contributed by atoms with Gasteiger partial charge < -0.3 is 4.57 Å². The first-order valence-electron chi connectivity index (χ1n) is 8.80. The predicted octanol–water partition coefficient (Wildman–Crippen LogP) is 4.39. The Hall–Kier alpha value is -3.55. The van der Waals surface area contributed by atoms with Crippen LogP contribution >= 0.6 is 22.9 Å². The fourth-order valence-corrected chi connectivity index (χ4v) is 3.72. The molecule has 0 saturated carbocycles. The van der Waals surface area contributed by atoms with Gasteiger partial charge in [0.15, 0.2) is 0 Å². The Bertz CT molecular complexity index is 1180. The number of nitro benzene ring substituents is 1. The summed E-state index contributed by atoms with van der Waals surface area (Å²) in [6, 6.07) is 9.34. The number of anilines is 1. The maximum absolute atomic E-state index is 12.5. The second-order valence-electron chi connectivity index (χ2n) is 6.07. The third-order valence-corrected chi connectivity index (χ3v) is 5.19. The zero-order chi connectivity index (χ0) is 21.7. The molecule has 3 rings (SSSR count). The van der Waals surface area contributed by atoms with Crippen molar-refractivity contribution < 1.29 is 9.72 Å². The van der Waals surface area contributed by atoms with Crippen LogP contribution in [0.1, 0.15) is 24.0 Å². The number of hydrogen-bond donors (Lipinski definition) is 1. The van der Waals surface area contributed by atoms with Gasteiger partial charge in [0.2, 0.25) is 5.13 Å². The van der Waals surface area contributed by atoms with Gasteiger partial charge in [-0.05, 0) is 30.7 Å². The molecule has 0 bridgehead atoms. The molecule has 0 saturated heterocycles. The molecule has 1 N–H and O–H groups in total. The molecule has 0 aliphatic carbocycles. The molecule has 0 radical (unpaired) electrons. The van der Waals surface area contributed by atoms with Crippen LogP contribution in [0.5, 0.6) is 0 Å². The van der Waals surface area contributed by atoms with E-state index in [2.05, 4.69) is 15.5 Å². The van der Waals surface area contributed by atoms with Gasteiger partial charge in [-0.2, -0.15) is 5.26 Å². The van der Waals surface area contributed by atoms with Crippen LogP contribution in [0.4, 0.5) is 10.8 Å². The number of aryl methyl sites for hydroxylation is 1. The van der Waals surface area contributed by atoms with E-state index in [4.69, 9.17) is 11.6 Å². The van der Waals surface area contributed by atoms with Gasteiger partial charge in [-0.1, -0.05) is 29.9 Å². The average Bonchev–Trinajstić information content (AvgIpc) is 3.35. The lowest BCUT2D eigenvalue weighted by molar-refractivity contribution is -0.384. The van der Waals surface area contributed by atoms with Gasteiger partial charge in [0.05, 0.1) is 15.6 Å². The maximum atomic E-state index is 12.5. The van der Waals surface area contributed by atoms with Crippen LogP contribution < -0.4 is 5.32 Å². The number of halogens is 1. The van der Waals surface area contributed by atoms with Crippen LogP contribution in [-0.4, -0.2) is 25.6 Å². The van der Waals surface area contributed by atoms with Crippen molar-refractivity contribution in [1.82, 2.24) is 14.8 Å². The summed E-state index contributed by atoms with van der Waals surface area (Å²) in [5.41, 5.74) is 0.704. The van der Waals surface area contributed by atoms with Crippen molar-refractivity contribution in [1.29, 1.82) is 5.26 Å². The molecular weight excluding hydrogens is 428 g/mol. The van der Waals surface area contributed by atoms with E-state index in [1.807, 2.05) is 13.0 Å². The number of nitrogens with one attached hydrogen (secondary N) is 1. The Balaban J connectivity index is 1.87. The van der Waals surface area contributed by atoms with Crippen molar-refractivity contribution in [3.8, 4) is 11.8 Å². The minimum absolute atomic E-state index is 0.135. The topological polar surface area (TPSA) is 127 Å². The third kappa shape index (κ3) is 4.71. The number of rotatable bonds is 7. The molecule has 3 aromatic rings. The van der Waals surface area contributed by atoms with Crippen molar-refractivity contribution in [3.63, 3.8) is 0 Å². The number of amides is 1. The summed E-state index contributed by atoms with van der Waals surface area (Å²) in [5.74, 6) is -0.612. The Morgan fingerprint density at radius 1 is 1.43 bits per heavy atom. The summed E-state index contributed by atoms with van der Waals surface area (Å²) in [4.78, 5) is 22.9. The molecule has 0 aliphatic rings. The zero-order valence-electron chi connectivity index (χ0n) is 15.7. The van der Waals surface area contributed by atoms with Gasteiger partial charge in [0, 0.05) is 30.4 Å². The molecule has 0 atom stereocenters. The number of aromatic nitrogens is 3. The minimum atomic E-state index is -0.612. The smallest absolute Gasteiger partial charge is 0.271 e. The van der Waals surface area contributed by atoms with Crippen LogP contribution in [0.2, 0.25) is 5.02 Å². The summed E-state index contributed by atoms with van der Waals surface area (Å²) >= 11 is 7.46. The number of non-ortho nitro benzene ring substituents is 1. The molecule has 152 valence electrons. The van der Waals surface area contributed by atoms with E-state index in [1.54, 1.807) is 22.9 Å². The Labute approximate surface area is 180 Å². The normalized spacial score (nSPS) is 11.2. The Morgan fingerprint density at radius 2 is 2.23 bits per heavy atom. The van der Waals surface area contributed by atoms with Gasteiger partial charge >= 0.3 is 0 Å². The van der Waals surface area contributed by atoms with Gasteiger partial charge in [-0.15, -0.1) is 10.2 Å². The van der Waals surface area contributed by atoms with E-state index in [9.17, 15) is 20.2 Å². The summed E-state index contributed by atoms with van der Waals surface area (Å²) < 4.78 is 1.63. The Kier molecular flexibility index (Phi) is 6.56. The third-order valence-electron chi connectivity index (χ3n) is 3.99. The molecule has 2 heterocycles. The fraction of sp³-hybridized carbons (Fsp3) is 0.158. The van der Waals surface area contributed by atoms with Gasteiger partial charge in [-0.3, -0.25) is 20.2 Å². The minimum Gasteiger partial charge on any atom is -0.316 e. The average molecular weight is 443 g/mol. The molecular formula is C19H15ClN6O3S. The van der Waals surface area contributed by atoms with E-state index in [0.717, 1.165) is 17.8 Å². The summed E-state index contributed by atoms with van der Waals surface area (Å²) in [5, 5.41) is 32.1. The second kappa shape index (κ2) is 9.30. The summed E-state index contributed by atoms with van der Waals surface area (Å²) in [6.07, 6.45) is 4.75. The number of nitrogens with zero attached hydrogens (tertiary/aromatic N) is 5. The van der Waals surface area contributed by atoms with Crippen LogP contribution in [0.15, 0.2) is 42.1 Å². The first-order chi connectivity index (χ1) is 14.4. The predicted molar refractivity (Wildman–Crippen MR) is 114 cm³/mol. The number of carbonyl (C=O) groups is 1. The van der Waals surface area contributed by atoms with Crippen molar-refractivity contribution in [2.45, 2.75) is 19.8 Å². The van der Waals surface area contributed by atoms with Crippen LogP contribution in [0, 0.1) is 21.4 Å². The highest BCUT2D eigenvalue weighted by Crippen LogP contribution is 2.27. The largest absolute Gasteiger partial charge is 0.316 e. The monoisotopic (exact) mass is 442 g/mol. The highest BCUT2D eigenvalue weighted by Gasteiger charge is 2.16. The van der Waals surface area contributed by atoms with Crippen LogP contribution in [0.3, 0.4) is 0 Å². The molecule has 0 spiro atoms. The molecule has 0 unspecified atom stereocenters. The lowest BCUT2D eigenvalue weighted by atomic mass is 10.2. The molecule has 1 amide bonds. The van der Waals surface area contributed by atoms with E-state index in [-0.39, 0.29) is 16.3 Å². The standard InChI is InChI=1S/C19H15ClN6O3S/c1-2-4-17-23-24-19(30-17)22-18(27)12(11-21)9-13-5-3-8-25(13)16-7-6-14(26(28)29)10-15(16)20/h3,5-10H,2,4H2,1H3,(H,22,24,27). The lowest BCUT2D eigenvalue weighted by Crippen LogP contribution is -2.13. The molecule has 2 aromatic heterocycles. The maximum Gasteiger partial charge on any atom is 0.271 e. The van der Waals surface area contributed by atoms with Crippen LogP contribution in [-0.2, 0) is 11.2 Å². The first kappa shape index (κ1) is 21.2. The molecule has 1 aromatic carbocycles. The van der Waals surface area contributed by atoms with Gasteiger partial charge in [0.25, 0.3) is 11.6 Å². The fourth-order valence-electron chi connectivity index (χ4n) is 2.62. The molecule has 0 aliphatic heterocycles. The molecule has 11 heteroatoms. The molecule has 9 nitrogen and oxygen atoms in total. The summed E-state index contributed by atoms with van der Waals surface area (Å²) in [7, 11) is 0. The van der Waals surface area contributed by atoms with E-state index in [0.29, 0.717) is 16.5 Å². The Morgan fingerprint density at radius 3 is 2.90 bits per heavy atom. The summed E-state index contributed by atoms with van der Waals surface area (Å²) in [6.45, 7) is 2.02. The number of nitriles is 1. The number of nitro groups is 1. The highest BCUT2D eigenvalue weighted by atomic mass is 35.5. The highest BCUT2D eigenvalue weighted by molar-refractivity contribution is 7.15. The molecule has 30 heavy (non-hydrogen) atoms. The van der Waals surface area contributed by atoms with Crippen molar-refractivity contribution >= 4 is 45.7 Å². The van der Waals surface area contributed by atoms with Crippen molar-refractivity contribution in [3.05, 3.63) is 67.9 Å². The number of carbonyl (C=O) groups excluding carboxylic acids is 1. The van der Waals surface area contributed by atoms with Crippen molar-refractivity contribution in [2.75, 3.05) is 5.32 Å². The number of hydrogen-bond acceptors (Lipinski definition) is 7.